The first-order valence-electron chi connectivity index (χ1n) is 6.31. The van der Waals surface area contributed by atoms with E-state index in [1.54, 1.807) is 0 Å². The summed E-state index contributed by atoms with van der Waals surface area (Å²) in [6, 6.07) is 8.31. The molecule has 3 N–H and O–H groups in total. The lowest BCUT2D eigenvalue weighted by atomic mass is 10.2. The van der Waals surface area contributed by atoms with Crippen LogP contribution in [0.2, 0.25) is 0 Å². The van der Waals surface area contributed by atoms with Gasteiger partial charge in [0.2, 0.25) is 0 Å². The zero-order valence-electron chi connectivity index (χ0n) is 11.4. The molecule has 0 aliphatic carbocycles. The van der Waals surface area contributed by atoms with Gasteiger partial charge in [-0.1, -0.05) is 17.7 Å². The van der Waals surface area contributed by atoms with Gasteiger partial charge in [-0.15, -0.1) is 0 Å². The van der Waals surface area contributed by atoms with E-state index in [1.807, 2.05) is 31.2 Å². The normalized spacial score (nSPS) is 12.4. The van der Waals surface area contributed by atoms with Gasteiger partial charge in [-0.2, -0.15) is 0 Å². The van der Waals surface area contributed by atoms with E-state index in [1.165, 1.54) is 5.56 Å². The van der Waals surface area contributed by atoms with Crippen molar-refractivity contribution in [1.29, 1.82) is 0 Å². The monoisotopic (exact) mass is 251 g/mol. The van der Waals surface area contributed by atoms with Gasteiger partial charge in [0.15, 0.2) is 6.54 Å². The van der Waals surface area contributed by atoms with Crippen molar-refractivity contribution in [3.05, 3.63) is 29.8 Å². The second-order valence-corrected chi connectivity index (χ2v) is 4.87. The maximum Gasteiger partial charge on any atom is 0.272 e. The highest BCUT2D eigenvalue weighted by Gasteiger charge is 2.15. The van der Waals surface area contributed by atoms with Gasteiger partial charge in [-0.25, -0.2) is 0 Å². The molecule has 4 heteroatoms. The van der Waals surface area contributed by atoms with E-state index in [-0.39, 0.29) is 5.91 Å². The molecule has 1 unspecified atom stereocenters. The van der Waals surface area contributed by atoms with Gasteiger partial charge in [-0.05, 0) is 32.9 Å². The number of nitrogens with two attached hydrogens (primary N) is 1. The average Bonchev–Trinajstić information content (AvgIpc) is 2.29. The third-order valence-electron chi connectivity index (χ3n) is 2.93. The third kappa shape index (κ3) is 5.19. The van der Waals surface area contributed by atoms with Crippen molar-refractivity contribution in [2.75, 3.05) is 19.7 Å². The second-order valence-electron chi connectivity index (χ2n) is 4.87. The van der Waals surface area contributed by atoms with Crippen LogP contribution in [0.25, 0.3) is 0 Å². The Hall–Kier alpha value is -1.55. The lowest BCUT2D eigenvalue weighted by Gasteiger charge is -2.21. The Morgan fingerprint density at radius 2 is 1.94 bits per heavy atom. The van der Waals surface area contributed by atoms with Crippen molar-refractivity contribution < 1.29 is 14.4 Å². The maximum absolute atomic E-state index is 10.9. The average molecular weight is 251 g/mol. The highest BCUT2D eigenvalue weighted by Crippen LogP contribution is 2.10. The van der Waals surface area contributed by atoms with Gasteiger partial charge in [0.05, 0.1) is 6.04 Å². The molecule has 0 aliphatic rings. The van der Waals surface area contributed by atoms with Gasteiger partial charge in [0, 0.05) is 0 Å². The molecule has 18 heavy (non-hydrogen) atoms. The maximum atomic E-state index is 10.9. The molecule has 0 aromatic heterocycles. The molecule has 0 aliphatic heterocycles. The fraction of sp³-hybridized carbons (Fsp3) is 0.500. The minimum atomic E-state index is -0.269. The zero-order chi connectivity index (χ0) is 13.5. The minimum Gasteiger partial charge on any atom is -0.488 e. The molecule has 0 fully saturated rings. The number of rotatable bonds is 7. The van der Waals surface area contributed by atoms with Crippen LogP contribution in [0.3, 0.4) is 0 Å². The Morgan fingerprint density at radius 1 is 1.33 bits per heavy atom. The largest absolute Gasteiger partial charge is 0.488 e. The van der Waals surface area contributed by atoms with E-state index in [0.29, 0.717) is 19.2 Å². The molecule has 4 nitrogen and oxygen atoms in total. The molecule has 1 atom stereocenters. The zero-order valence-corrected chi connectivity index (χ0v) is 11.4. The molecule has 0 saturated heterocycles. The molecule has 1 amide bonds. The van der Waals surface area contributed by atoms with E-state index in [0.717, 1.165) is 17.2 Å². The lowest BCUT2D eigenvalue weighted by Crippen LogP contribution is -3.16. The van der Waals surface area contributed by atoms with Crippen LogP contribution in [0.4, 0.5) is 0 Å². The predicted octanol–water partition coefficient (Wildman–Crippen LogP) is 0.152. The number of hydrogen-bond donors (Lipinski definition) is 2. The van der Waals surface area contributed by atoms with Crippen LogP contribution >= 0.6 is 0 Å². The topological polar surface area (TPSA) is 56.8 Å². The number of amides is 1. The number of primary amides is 1. The summed E-state index contributed by atoms with van der Waals surface area (Å²) in [6.07, 6.45) is 0. The highest BCUT2D eigenvalue weighted by molar-refractivity contribution is 5.74. The summed E-state index contributed by atoms with van der Waals surface area (Å²) < 4.78 is 5.65. The number of benzene rings is 1. The van der Waals surface area contributed by atoms with E-state index >= 15 is 0 Å². The number of carbonyl (C=O) groups is 1. The van der Waals surface area contributed by atoms with E-state index in [9.17, 15) is 4.79 Å². The van der Waals surface area contributed by atoms with Crippen LogP contribution < -0.4 is 15.4 Å². The first kappa shape index (κ1) is 14.5. The van der Waals surface area contributed by atoms with E-state index in [4.69, 9.17) is 10.5 Å². The van der Waals surface area contributed by atoms with Crippen LogP contribution in [-0.4, -0.2) is 31.6 Å². The molecule has 0 saturated carbocycles. The summed E-state index contributed by atoms with van der Waals surface area (Å²) in [4.78, 5) is 12.1. The van der Waals surface area contributed by atoms with Crippen LogP contribution in [0.15, 0.2) is 24.3 Å². The molecule has 1 aromatic carbocycles. The standard InChI is InChI=1S/C14H22N2O2/c1-11(2)16(10-14(15)17)8-9-18-13-6-4-12(3)5-7-13/h4-7,11H,8-10H2,1-3H3,(H2,15,17)/p+1. The number of quaternary nitrogens is 1. The molecule has 1 aromatic rings. The third-order valence-corrected chi connectivity index (χ3v) is 2.93. The molecule has 0 bridgehead atoms. The number of aryl methyl sites for hydroxylation is 1. The van der Waals surface area contributed by atoms with Crippen molar-refractivity contribution in [2.24, 2.45) is 5.73 Å². The summed E-state index contributed by atoms with van der Waals surface area (Å²) in [5.74, 6) is 0.594. The van der Waals surface area contributed by atoms with Gasteiger partial charge < -0.3 is 15.4 Å². The van der Waals surface area contributed by atoms with Gasteiger partial charge >= 0.3 is 0 Å². The quantitative estimate of drug-likeness (QED) is 0.725. The van der Waals surface area contributed by atoms with Crippen molar-refractivity contribution in [2.45, 2.75) is 26.8 Å². The number of hydrogen-bond acceptors (Lipinski definition) is 2. The second kappa shape index (κ2) is 7.01. The lowest BCUT2D eigenvalue weighted by molar-refractivity contribution is -0.913. The van der Waals surface area contributed by atoms with Crippen LogP contribution in [0.1, 0.15) is 19.4 Å². The summed E-state index contributed by atoms with van der Waals surface area (Å²) >= 11 is 0. The van der Waals surface area contributed by atoms with Crippen LogP contribution in [0, 0.1) is 6.92 Å². The highest BCUT2D eigenvalue weighted by atomic mass is 16.5. The Bertz CT molecular complexity index is 374. The van der Waals surface area contributed by atoms with Crippen molar-refractivity contribution >= 4 is 5.91 Å². The Balaban J connectivity index is 2.38. The van der Waals surface area contributed by atoms with Crippen LogP contribution in [0.5, 0.6) is 5.75 Å². The predicted molar refractivity (Wildman–Crippen MR) is 71.7 cm³/mol. The smallest absolute Gasteiger partial charge is 0.272 e. The van der Waals surface area contributed by atoms with Crippen molar-refractivity contribution in [3.63, 3.8) is 0 Å². The number of nitrogens with one attached hydrogen (secondary N) is 1. The van der Waals surface area contributed by atoms with E-state index < -0.39 is 0 Å². The summed E-state index contributed by atoms with van der Waals surface area (Å²) in [7, 11) is 0. The molecular formula is C14H23N2O2+. The fourth-order valence-electron chi connectivity index (χ4n) is 1.74. The summed E-state index contributed by atoms with van der Waals surface area (Å²) in [6.45, 7) is 7.91. The van der Waals surface area contributed by atoms with E-state index in [2.05, 4.69) is 13.8 Å². The van der Waals surface area contributed by atoms with Gasteiger partial charge in [0.25, 0.3) is 5.91 Å². The van der Waals surface area contributed by atoms with Crippen molar-refractivity contribution in [3.8, 4) is 5.75 Å². The molecular weight excluding hydrogens is 228 g/mol. The number of ether oxygens (including phenoxy) is 1. The Kier molecular flexibility index (Phi) is 5.65. The fourth-order valence-corrected chi connectivity index (χ4v) is 1.74. The molecule has 0 heterocycles. The first-order chi connectivity index (χ1) is 8.49. The molecule has 0 radical (unpaired) electrons. The summed E-state index contributed by atoms with van der Waals surface area (Å²) in [5, 5.41) is 0. The Morgan fingerprint density at radius 3 is 2.44 bits per heavy atom. The van der Waals surface area contributed by atoms with Crippen molar-refractivity contribution in [1.82, 2.24) is 0 Å². The SMILES string of the molecule is Cc1ccc(OCC[NH+](CC(N)=O)C(C)C)cc1. The number of carbonyl (C=O) groups excluding carboxylic acids is 1. The first-order valence-corrected chi connectivity index (χ1v) is 6.31. The molecule has 1 rings (SSSR count). The van der Waals surface area contributed by atoms with Gasteiger partial charge in [-0.3, -0.25) is 4.79 Å². The van der Waals surface area contributed by atoms with Gasteiger partial charge in [0.1, 0.15) is 18.9 Å². The molecule has 0 spiro atoms. The van der Waals surface area contributed by atoms with Crippen LogP contribution in [-0.2, 0) is 4.79 Å². The Labute approximate surface area is 109 Å². The molecule has 100 valence electrons. The minimum absolute atomic E-state index is 0.269. The summed E-state index contributed by atoms with van der Waals surface area (Å²) in [5.41, 5.74) is 6.44.